The van der Waals surface area contributed by atoms with Gasteiger partial charge in [0.15, 0.2) is 0 Å². The van der Waals surface area contributed by atoms with Gasteiger partial charge < -0.3 is 5.32 Å². The molecule has 0 fully saturated rings. The van der Waals surface area contributed by atoms with Crippen LogP contribution >= 0.6 is 15.9 Å². The summed E-state index contributed by atoms with van der Waals surface area (Å²) in [6, 6.07) is 6.32. The first-order valence-corrected chi connectivity index (χ1v) is 7.05. The number of halogens is 1. The fraction of sp³-hybridized carbons (Fsp3) is 0.231. The van der Waals surface area contributed by atoms with Crippen LogP contribution in [-0.4, -0.2) is 14.7 Å². The average Bonchev–Trinajstić information content (AvgIpc) is 2.49. The summed E-state index contributed by atoms with van der Waals surface area (Å²) < 4.78 is 1.73. The van der Waals surface area contributed by atoms with E-state index in [0.29, 0.717) is 23.2 Å². The molecule has 0 aliphatic rings. The maximum Gasteiger partial charge on any atom is 0.283 e. The van der Waals surface area contributed by atoms with Crippen LogP contribution in [0.4, 0.5) is 11.4 Å². The van der Waals surface area contributed by atoms with E-state index in [1.165, 1.54) is 16.8 Å². The largest absolute Gasteiger partial charge is 0.379 e. The standard InChI is InChI=1S/C13H13BrN4O3/c1-2-17-13(19)12(14)11(8-16-17)15-7-9-4-3-5-10(6-9)18(20)21/h3-6,8,15H,2,7H2,1H3. The summed E-state index contributed by atoms with van der Waals surface area (Å²) in [5.41, 5.74) is 1.11. The van der Waals surface area contributed by atoms with Crippen molar-refractivity contribution in [1.82, 2.24) is 9.78 Å². The molecule has 0 bridgehead atoms. The van der Waals surface area contributed by atoms with Crippen molar-refractivity contribution in [1.29, 1.82) is 0 Å². The monoisotopic (exact) mass is 352 g/mol. The predicted octanol–water partition coefficient (Wildman–Crippen LogP) is 2.55. The summed E-state index contributed by atoms with van der Waals surface area (Å²) in [4.78, 5) is 22.2. The van der Waals surface area contributed by atoms with Crippen molar-refractivity contribution in [3.05, 3.63) is 61.0 Å². The summed E-state index contributed by atoms with van der Waals surface area (Å²) >= 11 is 3.24. The van der Waals surface area contributed by atoms with Crippen LogP contribution in [0.25, 0.3) is 0 Å². The first-order valence-electron chi connectivity index (χ1n) is 6.25. The van der Waals surface area contributed by atoms with Crippen molar-refractivity contribution in [3.63, 3.8) is 0 Å². The van der Waals surface area contributed by atoms with Gasteiger partial charge in [0.25, 0.3) is 11.2 Å². The summed E-state index contributed by atoms with van der Waals surface area (Å²) in [5, 5.41) is 17.8. The summed E-state index contributed by atoms with van der Waals surface area (Å²) in [5.74, 6) is 0. The number of anilines is 1. The Balaban J connectivity index is 2.17. The Labute approximate surface area is 128 Å². The van der Waals surface area contributed by atoms with E-state index in [2.05, 4.69) is 26.3 Å². The number of rotatable bonds is 5. The number of aromatic nitrogens is 2. The number of nitro groups is 1. The topological polar surface area (TPSA) is 90.1 Å². The molecule has 1 aromatic heterocycles. The molecule has 1 N–H and O–H groups in total. The molecule has 2 rings (SSSR count). The van der Waals surface area contributed by atoms with Crippen molar-refractivity contribution in [2.75, 3.05) is 5.32 Å². The molecule has 1 heterocycles. The molecule has 0 radical (unpaired) electrons. The Morgan fingerprint density at radius 3 is 2.90 bits per heavy atom. The van der Waals surface area contributed by atoms with Crippen LogP contribution in [0, 0.1) is 10.1 Å². The third-order valence-electron chi connectivity index (χ3n) is 2.89. The van der Waals surface area contributed by atoms with Gasteiger partial charge in [0.1, 0.15) is 4.47 Å². The molecule has 0 unspecified atom stereocenters. The molecule has 110 valence electrons. The van der Waals surface area contributed by atoms with E-state index in [4.69, 9.17) is 0 Å². The van der Waals surface area contributed by atoms with Gasteiger partial charge in [0, 0.05) is 25.2 Å². The molecule has 0 amide bonds. The SMILES string of the molecule is CCn1ncc(NCc2cccc([N+](=O)[O-])c2)c(Br)c1=O. The van der Waals surface area contributed by atoms with Gasteiger partial charge in [-0.25, -0.2) is 4.68 Å². The van der Waals surface area contributed by atoms with Gasteiger partial charge in [-0.05, 0) is 28.4 Å². The minimum atomic E-state index is -0.441. The number of aryl methyl sites for hydroxylation is 1. The summed E-state index contributed by atoms with van der Waals surface area (Å²) in [6.45, 7) is 2.68. The van der Waals surface area contributed by atoms with Crippen molar-refractivity contribution in [2.24, 2.45) is 0 Å². The smallest absolute Gasteiger partial charge is 0.283 e. The van der Waals surface area contributed by atoms with E-state index in [9.17, 15) is 14.9 Å². The molecule has 8 heteroatoms. The van der Waals surface area contributed by atoms with Crippen molar-refractivity contribution < 1.29 is 4.92 Å². The fourth-order valence-corrected chi connectivity index (χ4v) is 2.24. The molecule has 2 aromatic rings. The first-order chi connectivity index (χ1) is 10.0. The number of non-ortho nitro benzene ring substituents is 1. The summed E-state index contributed by atoms with van der Waals surface area (Å²) in [7, 11) is 0. The second kappa shape index (κ2) is 6.49. The van der Waals surface area contributed by atoms with Gasteiger partial charge in [-0.15, -0.1) is 0 Å². The quantitative estimate of drug-likeness (QED) is 0.659. The number of nitro benzene ring substituents is 1. The molecular weight excluding hydrogens is 340 g/mol. The first kappa shape index (κ1) is 15.2. The maximum absolute atomic E-state index is 11.9. The predicted molar refractivity (Wildman–Crippen MR) is 82.3 cm³/mol. The molecule has 7 nitrogen and oxygen atoms in total. The number of nitrogens with one attached hydrogen (secondary N) is 1. The Hall–Kier alpha value is -2.22. The lowest BCUT2D eigenvalue weighted by Gasteiger charge is -2.09. The highest BCUT2D eigenvalue weighted by atomic mass is 79.9. The molecule has 0 spiro atoms. The normalized spacial score (nSPS) is 10.4. The lowest BCUT2D eigenvalue weighted by atomic mass is 10.2. The van der Waals surface area contributed by atoms with Crippen LogP contribution in [0.15, 0.2) is 39.7 Å². The minimum absolute atomic E-state index is 0.0351. The Bertz CT molecular complexity index is 730. The molecule has 1 aromatic carbocycles. The van der Waals surface area contributed by atoms with Gasteiger partial charge in [-0.1, -0.05) is 12.1 Å². The van der Waals surface area contributed by atoms with Crippen LogP contribution in [-0.2, 0) is 13.1 Å². The minimum Gasteiger partial charge on any atom is -0.379 e. The Morgan fingerprint density at radius 2 is 2.24 bits per heavy atom. The Morgan fingerprint density at radius 1 is 1.48 bits per heavy atom. The number of nitrogens with zero attached hydrogens (tertiary/aromatic N) is 3. The second-order valence-corrected chi connectivity index (χ2v) is 5.07. The van der Waals surface area contributed by atoms with Gasteiger partial charge in [-0.2, -0.15) is 5.10 Å². The van der Waals surface area contributed by atoms with Crippen LogP contribution in [0.5, 0.6) is 0 Å². The third kappa shape index (κ3) is 3.46. The number of hydrogen-bond donors (Lipinski definition) is 1. The highest BCUT2D eigenvalue weighted by Crippen LogP contribution is 2.18. The van der Waals surface area contributed by atoms with E-state index in [1.54, 1.807) is 18.3 Å². The molecule has 0 atom stereocenters. The van der Waals surface area contributed by atoms with Gasteiger partial charge >= 0.3 is 0 Å². The van der Waals surface area contributed by atoms with E-state index in [1.807, 2.05) is 6.92 Å². The lowest BCUT2D eigenvalue weighted by Crippen LogP contribution is -2.23. The fourth-order valence-electron chi connectivity index (χ4n) is 1.79. The molecule has 0 aliphatic heterocycles. The molecular formula is C13H13BrN4O3. The zero-order chi connectivity index (χ0) is 15.4. The van der Waals surface area contributed by atoms with Crippen LogP contribution in [0.1, 0.15) is 12.5 Å². The average molecular weight is 353 g/mol. The van der Waals surface area contributed by atoms with Crippen molar-refractivity contribution in [2.45, 2.75) is 20.0 Å². The van der Waals surface area contributed by atoms with Gasteiger partial charge in [-0.3, -0.25) is 14.9 Å². The maximum atomic E-state index is 11.9. The van der Waals surface area contributed by atoms with Gasteiger partial charge in [0.2, 0.25) is 0 Å². The van der Waals surface area contributed by atoms with Crippen LogP contribution < -0.4 is 10.9 Å². The van der Waals surface area contributed by atoms with E-state index < -0.39 is 4.92 Å². The zero-order valence-electron chi connectivity index (χ0n) is 11.2. The van der Waals surface area contributed by atoms with Crippen molar-refractivity contribution >= 4 is 27.3 Å². The lowest BCUT2D eigenvalue weighted by molar-refractivity contribution is -0.384. The van der Waals surface area contributed by atoms with E-state index >= 15 is 0 Å². The second-order valence-electron chi connectivity index (χ2n) is 4.27. The van der Waals surface area contributed by atoms with Crippen LogP contribution in [0.2, 0.25) is 0 Å². The van der Waals surface area contributed by atoms with Crippen LogP contribution in [0.3, 0.4) is 0 Å². The number of hydrogen-bond acceptors (Lipinski definition) is 5. The highest BCUT2D eigenvalue weighted by Gasteiger charge is 2.09. The summed E-state index contributed by atoms with van der Waals surface area (Å²) in [6.07, 6.45) is 1.55. The molecule has 21 heavy (non-hydrogen) atoms. The zero-order valence-corrected chi connectivity index (χ0v) is 12.8. The number of benzene rings is 1. The van der Waals surface area contributed by atoms with E-state index in [-0.39, 0.29) is 11.2 Å². The van der Waals surface area contributed by atoms with Crippen molar-refractivity contribution in [3.8, 4) is 0 Å². The highest BCUT2D eigenvalue weighted by molar-refractivity contribution is 9.10. The molecule has 0 saturated heterocycles. The Kier molecular flexibility index (Phi) is 4.69. The third-order valence-corrected chi connectivity index (χ3v) is 3.66. The van der Waals surface area contributed by atoms with E-state index in [0.717, 1.165) is 5.56 Å². The molecule has 0 aliphatic carbocycles. The van der Waals surface area contributed by atoms with Gasteiger partial charge in [0.05, 0.1) is 16.8 Å². The molecule has 0 saturated carbocycles.